The fourth-order valence-electron chi connectivity index (χ4n) is 1.88. The summed E-state index contributed by atoms with van der Waals surface area (Å²) in [6, 6.07) is 12.0. The third-order valence-electron chi connectivity index (χ3n) is 2.83. The number of aromatic nitrogens is 2. The molecule has 3 aromatic rings. The molecule has 3 nitrogen and oxygen atoms in total. The highest BCUT2D eigenvalue weighted by Gasteiger charge is 2.06. The lowest BCUT2D eigenvalue weighted by molar-refractivity contribution is 0.963. The van der Waals surface area contributed by atoms with Crippen LogP contribution >= 0.6 is 23.2 Å². The molecule has 3 rings (SSSR count). The minimum absolute atomic E-state index is 0.135. The number of hydrogen-bond acceptors (Lipinski definition) is 2. The lowest BCUT2D eigenvalue weighted by Gasteiger charge is -2.06. The van der Waals surface area contributed by atoms with Crippen molar-refractivity contribution in [2.24, 2.45) is 0 Å². The molecule has 1 aromatic heterocycles. The average Bonchev–Trinajstić information content (AvgIpc) is 2.40. The first-order valence-electron chi connectivity index (χ1n) is 5.58. The van der Waals surface area contributed by atoms with Crippen LogP contribution < -0.4 is 5.56 Å². The van der Waals surface area contributed by atoms with Crippen LogP contribution in [0.5, 0.6) is 0 Å². The van der Waals surface area contributed by atoms with E-state index >= 15 is 0 Å². The van der Waals surface area contributed by atoms with E-state index in [0.717, 1.165) is 5.69 Å². The first-order chi connectivity index (χ1) is 9.15. The van der Waals surface area contributed by atoms with Gasteiger partial charge in [-0.05, 0) is 42.5 Å². The standard InChI is InChI=1S/C14H8Cl2N2O/c15-9-1-4-11(5-2-9)18-8-17-13-7-10(16)3-6-12(13)14(18)19/h1-8H. The van der Waals surface area contributed by atoms with Gasteiger partial charge in [-0.3, -0.25) is 9.36 Å². The van der Waals surface area contributed by atoms with Gasteiger partial charge < -0.3 is 0 Å². The van der Waals surface area contributed by atoms with Crippen molar-refractivity contribution in [3.63, 3.8) is 0 Å². The molecule has 1 heterocycles. The first kappa shape index (κ1) is 12.2. The molecular formula is C14H8Cl2N2O. The molecule has 5 heteroatoms. The van der Waals surface area contributed by atoms with E-state index in [1.54, 1.807) is 42.5 Å². The van der Waals surface area contributed by atoms with Crippen LogP contribution in [0.1, 0.15) is 0 Å². The van der Waals surface area contributed by atoms with Crippen LogP contribution in [-0.2, 0) is 0 Å². The molecule has 2 aromatic carbocycles. The van der Waals surface area contributed by atoms with Crippen LogP contribution in [0.25, 0.3) is 16.6 Å². The van der Waals surface area contributed by atoms with Crippen LogP contribution in [0.15, 0.2) is 53.6 Å². The predicted octanol–water partition coefficient (Wildman–Crippen LogP) is 3.69. The van der Waals surface area contributed by atoms with Gasteiger partial charge in [0, 0.05) is 10.0 Å². The average molecular weight is 291 g/mol. The molecule has 0 N–H and O–H groups in total. The number of nitrogens with zero attached hydrogens (tertiary/aromatic N) is 2. The molecule has 0 saturated heterocycles. The SMILES string of the molecule is O=c1c2ccc(Cl)cc2ncn1-c1ccc(Cl)cc1. The number of rotatable bonds is 1. The van der Waals surface area contributed by atoms with E-state index in [0.29, 0.717) is 20.9 Å². The molecule has 0 unspecified atom stereocenters. The maximum Gasteiger partial charge on any atom is 0.265 e. The topological polar surface area (TPSA) is 34.9 Å². The number of fused-ring (bicyclic) bond motifs is 1. The van der Waals surface area contributed by atoms with Crippen LogP contribution in [0, 0.1) is 0 Å². The van der Waals surface area contributed by atoms with Gasteiger partial charge in [-0.25, -0.2) is 4.98 Å². The highest BCUT2D eigenvalue weighted by Crippen LogP contribution is 2.16. The molecule has 0 amide bonds. The minimum Gasteiger partial charge on any atom is -0.268 e. The van der Waals surface area contributed by atoms with Gasteiger partial charge in [0.05, 0.1) is 16.6 Å². The summed E-state index contributed by atoms with van der Waals surface area (Å²) in [5.74, 6) is 0. The minimum atomic E-state index is -0.135. The Hall–Kier alpha value is -1.84. The number of benzene rings is 2. The first-order valence-corrected chi connectivity index (χ1v) is 6.33. The normalized spacial score (nSPS) is 10.8. The van der Waals surface area contributed by atoms with Gasteiger partial charge in [0.15, 0.2) is 0 Å². The van der Waals surface area contributed by atoms with Crippen LogP contribution in [0.3, 0.4) is 0 Å². The van der Waals surface area contributed by atoms with Gasteiger partial charge in [-0.2, -0.15) is 0 Å². The molecular weight excluding hydrogens is 283 g/mol. The second-order valence-electron chi connectivity index (χ2n) is 4.06. The second-order valence-corrected chi connectivity index (χ2v) is 4.93. The van der Waals surface area contributed by atoms with Crippen LogP contribution in [0.4, 0.5) is 0 Å². The fourth-order valence-corrected chi connectivity index (χ4v) is 2.17. The smallest absolute Gasteiger partial charge is 0.265 e. The monoisotopic (exact) mass is 290 g/mol. The van der Waals surface area contributed by atoms with Gasteiger partial charge in [0.2, 0.25) is 0 Å². The highest BCUT2D eigenvalue weighted by atomic mass is 35.5. The van der Waals surface area contributed by atoms with Crippen molar-refractivity contribution in [2.75, 3.05) is 0 Å². The van der Waals surface area contributed by atoms with Gasteiger partial charge in [0.1, 0.15) is 6.33 Å². The highest BCUT2D eigenvalue weighted by molar-refractivity contribution is 6.31. The maximum absolute atomic E-state index is 12.4. The van der Waals surface area contributed by atoms with E-state index in [1.165, 1.54) is 10.9 Å². The summed E-state index contributed by atoms with van der Waals surface area (Å²) in [5.41, 5.74) is 1.17. The predicted molar refractivity (Wildman–Crippen MR) is 77.4 cm³/mol. The molecule has 0 spiro atoms. The quantitative estimate of drug-likeness (QED) is 0.685. The Morgan fingerprint density at radius 1 is 0.947 bits per heavy atom. The fraction of sp³-hybridized carbons (Fsp3) is 0. The zero-order valence-electron chi connectivity index (χ0n) is 9.68. The third kappa shape index (κ3) is 2.23. The van der Waals surface area contributed by atoms with E-state index in [9.17, 15) is 4.79 Å². The Morgan fingerprint density at radius 2 is 1.63 bits per heavy atom. The molecule has 0 saturated carbocycles. The second kappa shape index (κ2) is 4.68. The Balaban J connectivity index is 2.26. The van der Waals surface area contributed by atoms with Gasteiger partial charge >= 0.3 is 0 Å². The van der Waals surface area contributed by atoms with Gasteiger partial charge in [0.25, 0.3) is 5.56 Å². The molecule has 0 atom stereocenters. The van der Waals surface area contributed by atoms with Crippen molar-refractivity contribution in [1.82, 2.24) is 9.55 Å². The summed E-state index contributed by atoms with van der Waals surface area (Å²) < 4.78 is 1.48. The van der Waals surface area contributed by atoms with Gasteiger partial charge in [-0.15, -0.1) is 0 Å². The number of hydrogen-bond donors (Lipinski definition) is 0. The van der Waals surface area contributed by atoms with Crippen LogP contribution in [0.2, 0.25) is 10.0 Å². The zero-order valence-corrected chi connectivity index (χ0v) is 11.2. The molecule has 0 bridgehead atoms. The van der Waals surface area contributed by atoms with E-state index in [4.69, 9.17) is 23.2 Å². The Morgan fingerprint density at radius 3 is 2.37 bits per heavy atom. The van der Waals surface area contributed by atoms with Crippen LogP contribution in [-0.4, -0.2) is 9.55 Å². The van der Waals surface area contributed by atoms with E-state index < -0.39 is 0 Å². The molecule has 0 radical (unpaired) electrons. The lowest BCUT2D eigenvalue weighted by atomic mass is 10.2. The molecule has 19 heavy (non-hydrogen) atoms. The lowest BCUT2D eigenvalue weighted by Crippen LogP contribution is -2.18. The largest absolute Gasteiger partial charge is 0.268 e. The van der Waals surface area contributed by atoms with Crippen molar-refractivity contribution in [3.05, 3.63) is 69.2 Å². The Bertz CT molecular complexity index is 810. The summed E-state index contributed by atoms with van der Waals surface area (Å²) in [5, 5.41) is 1.71. The molecule has 0 aliphatic heterocycles. The van der Waals surface area contributed by atoms with E-state index in [1.807, 2.05) is 0 Å². The Labute approximate surface area is 119 Å². The number of halogens is 2. The van der Waals surface area contributed by atoms with E-state index in [2.05, 4.69) is 4.98 Å². The summed E-state index contributed by atoms with van der Waals surface area (Å²) in [4.78, 5) is 16.6. The molecule has 94 valence electrons. The maximum atomic E-state index is 12.4. The van der Waals surface area contributed by atoms with Crippen molar-refractivity contribution in [1.29, 1.82) is 0 Å². The van der Waals surface area contributed by atoms with Crippen molar-refractivity contribution >= 4 is 34.1 Å². The van der Waals surface area contributed by atoms with Crippen molar-refractivity contribution < 1.29 is 0 Å². The summed E-state index contributed by atoms with van der Waals surface area (Å²) in [6.07, 6.45) is 1.49. The molecule has 0 aliphatic carbocycles. The summed E-state index contributed by atoms with van der Waals surface area (Å²) in [7, 11) is 0. The zero-order chi connectivity index (χ0) is 13.4. The molecule has 0 aliphatic rings. The van der Waals surface area contributed by atoms with Crippen molar-refractivity contribution in [2.45, 2.75) is 0 Å². The van der Waals surface area contributed by atoms with E-state index in [-0.39, 0.29) is 5.56 Å². The summed E-state index contributed by atoms with van der Waals surface area (Å²) >= 11 is 11.7. The van der Waals surface area contributed by atoms with Gasteiger partial charge in [-0.1, -0.05) is 23.2 Å². The third-order valence-corrected chi connectivity index (χ3v) is 3.31. The molecule has 0 fully saturated rings. The Kier molecular flexibility index (Phi) is 3.01. The van der Waals surface area contributed by atoms with Crippen molar-refractivity contribution in [3.8, 4) is 5.69 Å². The summed E-state index contributed by atoms with van der Waals surface area (Å²) in [6.45, 7) is 0.